The number of benzene rings is 2. The van der Waals surface area contributed by atoms with Crippen LogP contribution in [0.1, 0.15) is 15.9 Å². The third kappa shape index (κ3) is 5.13. The summed E-state index contributed by atoms with van der Waals surface area (Å²) in [6, 6.07) is 17.8. The van der Waals surface area contributed by atoms with Gasteiger partial charge in [0.2, 0.25) is 0 Å². The van der Waals surface area contributed by atoms with Gasteiger partial charge in [-0.05, 0) is 34.7 Å². The first-order valence-electron chi connectivity index (χ1n) is 6.93. The molecule has 0 aliphatic rings. The average Bonchev–Trinajstić information content (AvgIpc) is 2.48. The smallest absolute Gasteiger partial charge is 0.339 e. The van der Waals surface area contributed by atoms with Crippen LogP contribution in [0, 0.1) is 3.57 Å². The SMILES string of the molecule is C[NH+](CCOC(=O)c1ccccc1I)Cc1ccccc1. The van der Waals surface area contributed by atoms with E-state index < -0.39 is 0 Å². The highest BCUT2D eigenvalue weighted by Crippen LogP contribution is 2.12. The molecule has 0 spiro atoms. The first-order valence-corrected chi connectivity index (χ1v) is 8.01. The molecule has 0 amide bonds. The van der Waals surface area contributed by atoms with E-state index >= 15 is 0 Å². The summed E-state index contributed by atoms with van der Waals surface area (Å²) in [5, 5.41) is 0. The minimum atomic E-state index is -0.243. The maximum atomic E-state index is 12.0. The second kappa shape index (κ2) is 8.14. The van der Waals surface area contributed by atoms with Crippen LogP contribution >= 0.6 is 22.6 Å². The largest absolute Gasteiger partial charge is 0.456 e. The van der Waals surface area contributed by atoms with Crippen molar-refractivity contribution in [2.45, 2.75) is 6.54 Å². The van der Waals surface area contributed by atoms with Gasteiger partial charge in [-0.25, -0.2) is 4.79 Å². The van der Waals surface area contributed by atoms with E-state index in [1.54, 1.807) is 6.07 Å². The molecule has 2 aromatic rings. The third-order valence-corrected chi connectivity index (χ3v) is 4.15. The highest BCUT2D eigenvalue weighted by molar-refractivity contribution is 14.1. The van der Waals surface area contributed by atoms with Crippen LogP contribution in [0.4, 0.5) is 0 Å². The lowest BCUT2D eigenvalue weighted by molar-refractivity contribution is -0.893. The summed E-state index contributed by atoms with van der Waals surface area (Å²) >= 11 is 2.15. The molecule has 0 saturated heterocycles. The van der Waals surface area contributed by atoms with Gasteiger partial charge in [0.25, 0.3) is 0 Å². The average molecular weight is 396 g/mol. The molecule has 1 N–H and O–H groups in total. The maximum Gasteiger partial charge on any atom is 0.339 e. The van der Waals surface area contributed by atoms with Gasteiger partial charge in [0, 0.05) is 9.13 Å². The Balaban J connectivity index is 1.76. The van der Waals surface area contributed by atoms with Gasteiger partial charge in [-0.15, -0.1) is 0 Å². The Bertz CT molecular complexity index is 586. The Labute approximate surface area is 139 Å². The zero-order chi connectivity index (χ0) is 15.1. The zero-order valence-electron chi connectivity index (χ0n) is 12.0. The summed E-state index contributed by atoms with van der Waals surface area (Å²) in [5.74, 6) is -0.243. The van der Waals surface area contributed by atoms with Crippen LogP contribution in [-0.2, 0) is 11.3 Å². The van der Waals surface area contributed by atoms with E-state index in [0.717, 1.165) is 16.7 Å². The molecule has 0 fully saturated rings. The van der Waals surface area contributed by atoms with Crippen molar-refractivity contribution in [2.75, 3.05) is 20.2 Å². The van der Waals surface area contributed by atoms with Crippen molar-refractivity contribution >= 4 is 28.6 Å². The Morgan fingerprint density at radius 2 is 1.76 bits per heavy atom. The molecule has 2 aromatic carbocycles. The topological polar surface area (TPSA) is 30.7 Å². The minimum absolute atomic E-state index is 0.243. The van der Waals surface area contributed by atoms with E-state index in [4.69, 9.17) is 4.74 Å². The quantitative estimate of drug-likeness (QED) is 0.600. The lowest BCUT2D eigenvalue weighted by Crippen LogP contribution is -3.08. The Hall–Kier alpha value is -1.40. The zero-order valence-corrected chi connectivity index (χ0v) is 14.2. The standard InChI is InChI=1S/C17H18INO2/c1-19(13-14-7-3-2-4-8-14)11-12-21-17(20)15-9-5-6-10-16(15)18/h2-10H,11-13H2,1H3/p+1. The fraction of sp³-hybridized carbons (Fsp3) is 0.235. The summed E-state index contributed by atoms with van der Waals surface area (Å²) < 4.78 is 6.27. The van der Waals surface area contributed by atoms with Crippen molar-refractivity contribution in [1.29, 1.82) is 0 Å². The number of hydrogen-bond donors (Lipinski definition) is 1. The lowest BCUT2D eigenvalue weighted by atomic mass is 10.2. The van der Waals surface area contributed by atoms with Crippen molar-refractivity contribution < 1.29 is 14.4 Å². The van der Waals surface area contributed by atoms with Gasteiger partial charge >= 0.3 is 5.97 Å². The van der Waals surface area contributed by atoms with Gasteiger partial charge in [-0.2, -0.15) is 0 Å². The summed E-state index contributed by atoms with van der Waals surface area (Å²) in [6.07, 6.45) is 0. The van der Waals surface area contributed by atoms with E-state index in [0.29, 0.717) is 12.2 Å². The van der Waals surface area contributed by atoms with Gasteiger partial charge in [0.05, 0.1) is 12.6 Å². The molecule has 4 heteroatoms. The molecule has 0 aliphatic heterocycles. The number of halogens is 1. The summed E-state index contributed by atoms with van der Waals surface area (Å²) in [4.78, 5) is 13.3. The molecular weight excluding hydrogens is 377 g/mol. The predicted octanol–water partition coefficient (Wildman–Crippen LogP) is 2.16. The van der Waals surface area contributed by atoms with Crippen molar-refractivity contribution in [3.8, 4) is 0 Å². The van der Waals surface area contributed by atoms with Crippen molar-refractivity contribution in [3.05, 3.63) is 69.3 Å². The summed E-state index contributed by atoms with van der Waals surface area (Å²) in [5.41, 5.74) is 1.93. The molecule has 110 valence electrons. The first kappa shape index (κ1) is 16.0. The van der Waals surface area contributed by atoms with Gasteiger partial charge in [-0.1, -0.05) is 42.5 Å². The van der Waals surface area contributed by atoms with Crippen LogP contribution in [0.3, 0.4) is 0 Å². The molecule has 1 unspecified atom stereocenters. The second-order valence-electron chi connectivity index (χ2n) is 4.99. The number of nitrogens with one attached hydrogen (secondary N) is 1. The summed E-state index contributed by atoms with van der Waals surface area (Å²) in [7, 11) is 2.10. The molecule has 0 saturated carbocycles. The number of esters is 1. The second-order valence-corrected chi connectivity index (χ2v) is 6.15. The van der Waals surface area contributed by atoms with E-state index in [1.807, 2.05) is 36.4 Å². The van der Waals surface area contributed by atoms with Crippen LogP contribution in [0.15, 0.2) is 54.6 Å². The van der Waals surface area contributed by atoms with Crippen LogP contribution in [-0.4, -0.2) is 26.2 Å². The highest BCUT2D eigenvalue weighted by Gasteiger charge is 2.11. The van der Waals surface area contributed by atoms with Gasteiger partial charge in [0.15, 0.2) is 0 Å². The lowest BCUT2D eigenvalue weighted by Gasteiger charge is -2.14. The van der Waals surface area contributed by atoms with E-state index in [2.05, 4.69) is 41.8 Å². The Kier molecular flexibility index (Phi) is 6.20. The molecule has 0 bridgehead atoms. The Morgan fingerprint density at radius 3 is 2.48 bits per heavy atom. The van der Waals surface area contributed by atoms with E-state index in [-0.39, 0.29) is 5.97 Å². The number of likely N-dealkylation sites (N-methyl/N-ethyl adjacent to an activating group) is 1. The number of rotatable bonds is 6. The molecule has 1 atom stereocenters. The predicted molar refractivity (Wildman–Crippen MR) is 91.3 cm³/mol. The van der Waals surface area contributed by atoms with E-state index in [1.165, 1.54) is 10.5 Å². The molecule has 2 rings (SSSR count). The number of ether oxygens (including phenoxy) is 1. The normalized spacial score (nSPS) is 11.9. The van der Waals surface area contributed by atoms with Crippen LogP contribution in [0.5, 0.6) is 0 Å². The van der Waals surface area contributed by atoms with Crippen LogP contribution < -0.4 is 4.90 Å². The third-order valence-electron chi connectivity index (χ3n) is 3.20. The number of carbonyl (C=O) groups is 1. The molecule has 0 heterocycles. The van der Waals surface area contributed by atoms with Crippen LogP contribution in [0.25, 0.3) is 0 Å². The molecule has 3 nitrogen and oxygen atoms in total. The van der Waals surface area contributed by atoms with Crippen molar-refractivity contribution in [1.82, 2.24) is 0 Å². The van der Waals surface area contributed by atoms with Gasteiger partial charge in [0.1, 0.15) is 19.7 Å². The molecule has 0 aromatic heterocycles. The fourth-order valence-corrected chi connectivity index (χ4v) is 2.66. The van der Waals surface area contributed by atoms with E-state index in [9.17, 15) is 4.79 Å². The molecule has 21 heavy (non-hydrogen) atoms. The first-order chi connectivity index (χ1) is 10.2. The van der Waals surface area contributed by atoms with Gasteiger partial charge < -0.3 is 9.64 Å². The number of quaternary nitrogens is 1. The number of carbonyl (C=O) groups excluding carboxylic acids is 1. The van der Waals surface area contributed by atoms with Gasteiger partial charge in [-0.3, -0.25) is 0 Å². The molecule has 0 aliphatic carbocycles. The maximum absolute atomic E-state index is 12.0. The summed E-state index contributed by atoms with van der Waals surface area (Å²) in [6.45, 7) is 2.16. The highest BCUT2D eigenvalue weighted by atomic mass is 127. The minimum Gasteiger partial charge on any atom is -0.456 e. The van der Waals surface area contributed by atoms with Crippen LogP contribution in [0.2, 0.25) is 0 Å². The Morgan fingerprint density at radius 1 is 1.10 bits per heavy atom. The fourth-order valence-electron chi connectivity index (χ4n) is 2.06. The van der Waals surface area contributed by atoms with Crippen molar-refractivity contribution in [2.24, 2.45) is 0 Å². The number of hydrogen-bond acceptors (Lipinski definition) is 2. The monoisotopic (exact) mass is 396 g/mol. The molecular formula is C17H19INO2+. The molecule has 0 radical (unpaired) electrons. The van der Waals surface area contributed by atoms with Crippen molar-refractivity contribution in [3.63, 3.8) is 0 Å².